The molecule has 20 heavy (non-hydrogen) atoms. The molecule has 1 unspecified atom stereocenters. The summed E-state index contributed by atoms with van der Waals surface area (Å²) in [5.41, 5.74) is 3.92. The van der Waals surface area contributed by atoms with Gasteiger partial charge in [-0.2, -0.15) is 0 Å². The lowest BCUT2D eigenvalue weighted by Crippen LogP contribution is -1.99. The Morgan fingerprint density at radius 2 is 1.60 bits per heavy atom. The Balaban J connectivity index is 1.86. The van der Waals surface area contributed by atoms with Crippen molar-refractivity contribution in [2.24, 2.45) is 0 Å². The first-order valence-electron chi connectivity index (χ1n) is 6.49. The van der Waals surface area contributed by atoms with E-state index in [9.17, 15) is 5.11 Å². The number of hydrogen-bond donors (Lipinski definition) is 1. The summed E-state index contributed by atoms with van der Waals surface area (Å²) in [5.74, 6) is 0. The van der Waals surface area contributed by atoms with Crippen molar-refractivity contribution in [3.8, 4) is 11.1 Å². The average molecular weight is 281 g/mol. The number of aromatic nitrogens is 1. The van der Waals surface area contributed by atoms with Crippen molar-refractivity contribution in [3.05, 3.63) is 76.2 Å². The fraction of sp³-hybridized carbons (Fsp3) is 0.118. The average Bonchev–Trinajstić information content (AvgIpc) is 2.94. The lowest BCUT2D eigenvalue weighted by molar-refractivity contribution is 0.216. The Morgan fingerprint density at radius 3 is 2.20 bits per heavy atom. The van der Waals surface area contributed by atoms with Crippen LogP contribution in [-0.4, -0.2) is 10.1 Å². The number of aliphatic hydroxyl groups excluding tert-OH is 1. The zero-order valence-corrected chi connectivity index (χ0v) is 12.0. The van der Waals surface area contributed by atoms with Gasteiger partial charge in [0.1, 0.15) is 6.10 Å². The molecule has 100 valence electrons. The minimum Gasteiger partial charge on any atom is -0.382 e. The topological polar surface area (TPSA) is 33.1 Å². The molecule has 0 bridgehead atoms. The number of rotatable bonds is 3. The van der Waals surface area contributed by atoms with Crippen LogP contribution >= 0.6 is 11.3 Å². The standard InChI is InChI=1S/C17H15NOS/c1-12-18-16(11-20-12)17(19)15-9-7-14(8-10-15)13-5-3-2-4-6-13/h2-11,17,19H,1H3. The van der Waals surface area contributed by atoms with E-state index in [1.165, 1.54) is 5.56 Å². The molecule has 3 rings (SSSR count). The smallest absolute Gasteiger partial charge is 0.122 e. The molecule has 0 amide bonds. The molecule has 0 fully saturated rings. The zero-order chi connectivity index (χ0) is 13.9. The number of nitrogens with zero attached hydrogens (tertiary/aromatic N) is 1. The van der Waals surface area contributed by atoms with Crippen molar-refractivity contribution in [3.63, 3.8) is 0 Å². The number of thiazole rings is 1. The van der Waals surface area contributed by atoms with Crippen LogP contribution in [0, 0.1) is 6.92 Å². The maximum atomic E-state index is 10.3. The van der Waals surface area contributed by atoms with Crippen molar-refractivity contribution in [2.45, 2.75) is 13.0 Å². The van der Waals surface area contributed by atoms with Gasteiger partial charge < -0.3 is 5.11 Å². The highest BCUT2D eigenvalue weighted by molar-refractivity contribution is 7.09. The van der Waals surface area contributed by atoms with Gasteiger partial charge in [-0.3, -0.25) is 0 Å². The van der Waals surface area contributed by atoms with E-state index in [1.807, 2.05) is 54.8 Å². The molecule has 2 nitrogen and oxygen atoms in total. The van der Waals surface area contributed by atoms with E-state index in [0.29, 0.717) is 0 Å². The van der Waals surface area contributed by atoms with Crippen LogP contribution in [0.25, 0.3) is 11.1 Å². The lowest BCUT2D eigenvalue weighted by atomic mass is 10.0. The number of benzene rings is 2. The van der Waals surface area contributed by atoms with Crippen LogP contribution in [0.15, 0.2) is 60.0 Å². The molecule has 0 aliphatic carbocycles. The number of aryl methyl sites for hydroxylation is 1. The number of aliphatic hydroxyl groups is 1. The molecule has 0 aliphatic heterocycles. The third-order valence-electron chi connectivity index (χ3n) is 3.25. The Kier molecular flexibility index (Phi) is 3.63. The van der Waals surface area contributed by atoms with E-state index in [-0.39, 0.29) is 0 Å². The summed E-state index contributed by atoms with van der Waals surface area (Å²) >= 11 is 1.56. The summed E-state index contributed by atoms with van der Waals surface area (Å²) in [5, 5.41) is 13.2. The van der Waals surface area contributed by atoms with Gasteiger partial charge in [0.25, 0.3) is 0 Å². The van der Waals surface area contributed by atoms with Crippen LogP contribution in [0.1, 0.15) is 22.4 Å². The normalized spacial score (nSPS) is 12.3. The van der Waals surface area contributed by atoms with Gasteiger partial charge in [0.15, 0.2) is 0 Å². The zero-order valence-electron chi connectivity index (χ0n) is 11.2. The highest BCUT2D eigenvalue weighted by Gasteiger charge is 2.13. The van der Waals surface area contributed by atoms with Gasteiger partial charge in [0.05, 0.1) is 10.7 Å². The molecule has 0 saturated heterocycles. The molecule has 1 N–H and O–H groups in total. The molecule has 2 aromatic carbocycles. The van der Waals surface area contributed by atoms with Crippen molar-refractivity contribution in [2.75, 3.05) is 0 Å². The van der Waals surface area contributed by atoms with E-state index in [0.717, 1.165) is 21.8 Å². The van der Waals surface area contributed by atoms with Crippen LogP contribution in [0.4, 0.5) is 0 Å². The van der Waals surface area contributed by atoms with Crippen molar-refractivity contribution in [1.29, 1.82) is 0 Å². The molecule has 3 heteroatoms. The minimum absolute atomic E-state index is 0.648. The first-order chi connectivity index (χ1) is 9.74. The third kappa shape index (κ3) is 2.64. The van der Waals surface area contributed by atoms with E-state index in [4.69, 9.17) is 0 Å². The van der Waals surface area contributed by atoms with E-state index in [2.05, 4.69) is 17.1 Å². The molecule has 0 spiro atoms. The summed E-state index contributed by atoms with van der Waals surface area (Å²) in [6.07, 6.45) is -0.648. The monoisotopic (exact) mass is 281 g/mol. The van der Waals surface area contributed by atoms with Gasteiger partial charge >= 0.3 is 0 Å². The summed E-state index contributed by atoms with van der Waals surface area (Å²) < 4.78 is 0. The van der Waals surface area contributed by atoms with Crippen molar-refractivity contribution < 1.29 is 5.11 Å². The predicted octanol–water partition coefficient (Wildman–Crippen LogP) is 4.20. The second kappa shape index (κ2) is 5.57. The summed E-state index contributed by atoms with van der Waals surface area (Å²) in [7, 11) is 0. The number of hydrogen-bond acceptors (Lipinski definition) is 3. The lowest BCUT2D eigenvalue weighted by Gasteiger charge is -2.09. The molecule has 1 aromatic heterocycles. The van der Waals surface area contributed by atoms with E-state index >= 15 is 0 Å². The molecule has 3 aromatic rings. The minimum atomic E-state index is -0.648. The first-order valence-corrected chi connectivity index (χ1v) is 7.37. The molecule has 0 radical (unpaired) electrons. The SMILES string of the molecule is Cc1nc(C(O)c2ccc(-c3ccccc3)cc2)cs1. The van der Waals surface area contributed by atoms with Crippen molar-refractivity contribution >= 4 is 11.3 Å². The molecule has 1 heterocycles. The Bertz CT molecular complexity index is 689. The van der Waals surface area contributed by atoms with Gasteiger partial charge in [-0.05, 0) is 23.6 Å². The molecule has 0 aliphatic rings. The summed E-state index contributed by atoms with van der Waals surface area (Å²) in [6.45, 7) is 1.94. The van der Waals surface area contributed by atoms with Gasteiger partial charge in [-0.25, -0.2) is 4.98 Å². The van der Waals surface area contributed by atoms with Crippen LogP contribution in [0.3, 0.4) is 0 Å². The van der Waals surface area contributed by atoms with Crippen LogP contribution < -0.4 is 0 Å². The van der Waals surface area contributed by atoms with Crippen LogP contribution in [-0.2, 0) is 0 Å². The molecule has 0 saturated carbocycles. The van der Waals surface area contributed by atoms with Gasteiger partial charge in [-0.1, -0.05) is 54.6 Å². The quantitative estimate of drug-likeness (QED) is 0.780. The fourth-order valence-electron chi connectivity index (χ4n) is 2.16. The molecular weight excluding hydrogens is 266 g/mol. The van der Waals surface area contributed by atoms with Crippen LogP contribution in [0.5, 0.6) is 0 Å². The van der Waals surface area contributed by atoms with Crippen molar-refractivity contribution in [1.82, 2.24) is 4.98 Å². The van der Waals surface area contributed by atoms with E-state index < -0.39 is 6.10 Å². The van der Waals surface area contributed by atoms with Gasteiger partial charge in [0, 0.05) is 5.38 Å². The first kappa shape index (κ1) is 13.0. The maximum absolute atomic E-state index is 10.3. The highest BCUT2D eigenvalue weighted by Crippen LogP contribution is 2.26. The van der Waals surface area contributed by atoms with E-state index in [1.54, 1.807) is 11.3 Å². The second-order valence-corrected chi connectivity index (χ2v) is 5.74. The van der Waals surface area contributed by atoms with Crippen LogP contribution in [0.2, 0.25) is 0 Å². The Morgan fingerprint density at radius 1 is 0.950 bits per heavy atom. The third-order valence-corrected chi connectivity index (χ3v) is 4.04. The Hall–Kier alpha value is -1.97. The van der Waals surface area contributed by atoms with Gasteiger partial charge in [0.2, 0.25) is 0 Å². The maximum Gasteiger partial charge on any atom is 0.122 e. The summed E-state index contributed by atoms with van der Waals surface area (Å²) in [6, 6.07) is 18.2. The largest absolute Gasteiger partial charge is 0.382 e. The predicted molar refractivity (Wildman–Crippen MR) is 82.8 cm³/mol. The highest BCUT2D eigenvalue weighted by atomic mass is 32.1. The molecule has 1 atom stereocenters. The second-order valence-electron chi connectivity index (χ2n) is 4.68. The fourth-order valence-corrected chi connectivity index (χ4v) is 2.80. The molecular formula is C17H15NOS. The van der Waals surface area contributed by atoms with Gasteiger partial charge in [-0.15, -0.1) is 11.3 Å². The Labute approximate surface area is 122 Å². The summed E-state index contributed by atoms with van der Waals surface area (Å²) in [4.78, 5) is 4.34.